The second-order valence-corrected chi connectivity index (χ2v) is 5.86. The molecule has 0 radical (unpaired) electrons. The molecule has 0 amide bonds. The Morgan fingerprint density at radius 2 is 1.76 bits per heavy atom. The van der Waals surface area contributed by atoms with Gasteiger partial charge >= 0.3 is 0 Å². The van der Waals surface area contributed by atoms with Gasteiger partial charge in [0.2, 0.25) is 0 Å². The van der Waals surface area contributed by atoms with Crippen molar-refractivity contribution in [3.63, 3.8) is 0 Å². The highest BCUT2D eigenvalue weighted by molar-refractivity contribution is 5.79. The molecule has 25 heavy (non-hydrogen) atoms. The van der Waals surface area contributed by atoms with Gasteiger partial charge in [-0.1, -0.05) is 12.1 Å². The molecule has 134 valence electrons. The lowest BCUT2D eigenvalue weighted by molar-refractivity contribution is 0.466. The van der Waals surface area contributed by atoms with Crippen LogP contribution < -0.4 is 10.6 Å². The van der Waals surface area contributed by atoms with E-state index in [4.69, 9.17) is 0 Å². The first kappa shape index (κ1) is 18.7. The van der Waals surface area contributed by atoms with Gasteiger partial charge in [-0.25, -0.2) is 13.8 Å². The van der Waals surface area contributed by atoms with E-state index in [0.717, 1.165) is 28.8 Å². The molecule has 0 saturated carbocycles. The molecule has 3 N–H and O–H groups in total. The molecule has 0 saturated heterocycles. The highest BCUT2D eigenvalue weighted by Crippen LogP contribution is 2.23. The topological polar surface area (TPSA) is 56.7 Å². The standard InChI is InChI=1S/C19H23F2N3O/c1-4-22-19(24-11-15-9-16(20)5-6-17(15)21)23-10-14-7-12(2)18(25)13(3)8-14/h5-9,25H,4,10-11H2,1-3H3,(H2,22,23,24). The normalized spacial score (nSPS) is 11.5. The van der Waals surface area contributed by atoms with E-state index in [9.17, 15) is 13.9 Å². The summed E-state index contributed by atoms with van der Waals surface area (Å²) in [5, 5.41) is 15.9. The number of aryl methyl sites for hydroxylation is 2. The fourth-order valence-corrected chi connectivity index (χ4v) is 2.51. The van der Waals surface area contributed by atoms with E-state index in [0.29, 0.717) is 24.8 Å². The molecule has 4 nitrogen and oxygen atoms in total. The molecule has 0 aliphatic rings. The molecular weight excluding hydrogens is 324 g/mol. The maximum Gasteiger partial charge on any atom is 0.191 e. The number of nitrogens with one attached hydrogen (secondary N) is 2. The van der Waals surface area contributed by atoms with E-state index in [2.05, 4.69) is 15.6 Å². The molecule has 0 bridgehead atoms. The predicted molar refractivity (Wildman–Crippen MR) is 95.6 cm³/mol. The molecular formula is C19H23F2N3O. The van der Waals surface area contributed by atoms with Gasteiger partial charge < -0.3 is 15.7 Å². The lowest BCUT2D eigenvalue weighted by Gasteiger charge is -2.12. The first-order valence-corrected chi connectivity index (χ1v) is 8.16. The number of halogens is 2. The Bertz CT molecular complexity index is 752. The van der Waals surface area contributed by atoms with Crippen LogP contribution in [0.1, 0.15) is 29.2 Å². The molecule has 0 unspecified atom stereocenters. The van der Waals surface area contributed by atoms with Crippen molar-refractivity contribution in [2.45, 2.75) is 33.9 Å². The van der Waals surface area contributed by atoms with Crippen LogP contribution in [0, 0.1) is 25.5 Å². The number of phenols is 1. The van der Waals surface area contributed by atoms with Gasteiger partial charge in [0.05, 0.1) is 6.54 Å². The molecule has 0 spiro atoms. The third-order valence-electron chi connectivity index (χ3n) is 3.77. The average Bonchev–Trinajstić information content (AvgIpc) is 2.57. The lowest BCUT2D eigenvalue weighted by atomic mass is 10.1. The van der Waals surface area contributed by atoms with Gasteiger partial charge in [0.1, 0.15) is 17.4 Å². The highest BCUT2D eigenvalue weighted by Gasteiger charge is 2.06. The molecule has 2 aromatic carbocycles. The Morgan fingerprint density at radius 3 is 2.40 bits per heavy atom. The van der Waals surface area contributed by atoms with E-state index >= 15 is 0 Å². The van der Waals surface area contributed by atoms with Gasteiger partial charge in [0.15, 0.2) is 5.96 Å². The smallest absolute Gasteiger partial charge is 0.191 e. The maximum absolute atomic E-state index is 13.7. The van der Waals surface area contributed by atoms with E-state index in [1.165, 1.54) is 6.07 Å². The van der Waals surface area contributed by atoms with Crippen molar-refractivity contribution in [3.05, 3.63) is 64.2 Å². The number of aromatic hydroxyl groups is 1. The first-order valence-electron chi connectivity index (χ1n) is 8.16. The summed E-state index contributed by atoms with van der Waals surface area (Å²) in [5.74, 6) is -0.140. The molecule has 2 rings (SSSR count). The van der Waals surface area contributed by atoms with Gasteiger partial charge in [-0.2, -0.15) is 0 Å². The predicted octanol–water partition coefficient (Wildman–Crippen LogP) is 3.54. The third kappa shape index (κ3) is 5.17. The summed E-state index contributed by atoms with van der Waals surface area (Å²) in [6.45, 7) is 6.78. The number of hydrogen-bond acceptors (Lipinski definition) is 2. The van der Waals surface area contributed by atoms with Crippen molar-refractivity contribution in [2.75, 3.05) is 6.54 Å². The van der Waals surface area contributed by atoms with Crippen molar-refractivity contribution in [3.8, 4) is 5.75 Å². The van der Waals surface area contributed by atoms with Crippen LogP contribution in [0.5, 0.6) is 5.75 Å². The minimum atomic E-state index is -0.477. The van der Waals surface area contributed by atoms with Crippen LogP contribution in [-0.2, 0) is 13.1 Å². The Balaban J connectivity index is 2.09. The average molecular weight is 347 g/mol. The summed E-state index contributed by atoms with van der Waals surface area (Å²) in [4.78, 5) is 4.46. The van der Waals surface area contributed by atoms with Crippen LogP contribution in [0.15, 0.2) is 35.3 Å². The van der Waals surface area contributed by atoms with Gasteiger partial charge in [0.25, 0.3) is 0 Å². The summed E-state index contributed by atoms with van der Waals surface area (Å²) in [7, 11) is 0. The summed E-state index contributed by atoms with van der Waals surface area (Å²) >= 11 is 0. The summed E-state index contributed by atoms with van der Waals surface area (Å²) in [6, 6.07) is 7.12. The largest absolute Gasteiger partial charge is 0.507 e. The number of benzene rings is 2. The number of phenolic OH excluding ortho intramolecular Hbond substituents is 1. The van der Waals surface area contributed by atoms with Crippen LogP contribution in [0.3, 0.4) is 0 Å². The van der Waals surface area contributed by atoms with Gasteiger partial charge in [0, 0.05) is 18.7 Å². The van der Waals surface area contributed by atoms with Gasteiger partial charge in [-0.15, -0.1) is 0 Å². The van der Waals surface area contributed by atoms with Crippen LogP contribution in [0.4, 0.5) is 8.78 Å². The second kappa shape index (κ2) is 8.46. The van der Waals surface area contributed by atoms with Crippen LogP contribution in [0.2, 0.25) is 0 Å². The number of rotatable bonds is 5. The quantitative estimate of drug-likeness (QED) is 0.573. The summed E-state index contributed by atoms with van der Waals surface area (Å²) < 4.78 is 26.9. The van der Waals surface area contributed by atoms with Crippen molar-refractivity contribution in [1.29, 1.82) is 0 Å². The molecule has 6 heteroatoms. The second-order valence-electron chi connectivity index (χ2n) is 5.86. The number of aliphatic imine (C=N–C) groups is 1. The fourth-order valence-electron chi connectivity index (χ4n) is 2.51. The lowest BCUT2D eigenvalue weighted by Crippen LogP contribution is -2.37. The van der Waals surface area contributed by atoms with E-state index in [1.54, 1.807) is 0 Å². The Morgan fingerprint density at radius 1 is 1.08 bits per heavy atom. The molecule has 0 aliphatic carbocycles. The third-order valence-corrected chi connectivity index (χ3v) is 3.77. The molecule has 0 aliphatic heterocycles. The van der Waals surface area contributed by atoms with Crippen molar-refractivity contribution >= 4 is 5.96 Å². The summed E-state index contributed by atoms with van der Waals surface area (Å²) in [5.41, 5.74) is 2.79. The zero-order chi connectivity index (χ0) is 18.4. The van der Waals surface area contributed by atoms with Crippen molar-refractivity contribution in [2.24, 2.45) is 4.99 Å². The van der Waals surface area contributed by atoms with Crippen molar-refractivity contribution in [1.82, 2.24) is 10.6 Å². The Labute approximate surface area is 146 Å². The van der Waals surface area contributed by atoms with Gasteiger partial charge in [-0.3, -0.25) is 0 Å². The molecule has 0 heterocycles. The first-order chi connectivity index (χ1) is 11.9. The van der Waals surface area contributed by atoms with E-state index in [-0.39, 0.29) is 12.1 Å². The minimum Gasteiger partial charge on any atom is -0.507 e. The highest BCUT2D eigenvalue weighted by atomic mass is 19.1. The number of nitrogens with zero attached hydrogens (tertiary/aromatic N) is 1. The maximum atomic E-state index is 13.7. The summed E-state index contributed by atoms with van der Waals surface area (Å²) in [6.07, 6.45) is 0. The number of guanidine groups is 1. The van der Waals surface area contributed by atoms with Crippen LogP contribution in [0.25, 0.3) is 0 Å². The van der Waals surface area contributed by atoms with Gasteiger partial charge in [-0.05, 0) is 55.7 Å². The number of hydrogen-bond donors (Lipinski definition) is 3. The Hall–Kier alpha value is -2.63. The molecule has 0 atom stereocenters. The fraction of sp³-hybridized carbons (Fsp3) is 0.316. The SMILES string of the molecule is CCNC(=NCc1cc(C)c(O)c(C)c1)NCc1cc(F)ccc1F. The van der Waals surface area contributed by atoms with Crippen LogP contribution in [-0.4, -0.2) is 17.6 Å². The van der Waals surface area contributed by atoms with Crippen molar-refractivity contribution < 1.29 is 13.9 Å². The van der Waals surface area contributed by atoms with Crippen LogP contribution >= 0.6 is 0 Å². The Kier molecular flexibility index (Phi) is 6.33. The molecule has 0 aromatic heterocycles. The van der Waals surface area contributed by atoms with E-state index < -0.39 is 11.6 Å². The van der Waals surface area contributed by atoms with E-state index in [1.807, 2.05) is 32.9 Å². The zero-order valence-electron chi connectivity index (χ0n) is 14.7. The molecule has 2 aromatic rings. The minimum absolute atomic E-state index is 0.128. The zero-order valence-corrected chi connectivity index (χ0v) is 14.7. The molecule has 0 fully saturated rings. The monoisotopic (exact) mass is 347 g/mol.